The number of allylic oxidation sites excluding steroid dienone is 2. The molecule has 184 valence electrons. The topological polar surface area (TPSA) is 34.1 Å². The zero-order chi connectivity index (χ0) is 26.4. The van der Waals surface area contributed by atoms with Gasteiger partial charge < -0.3 is 0 Å². The predicted octanol–water partition coefficient (Wildman–Crippen LogP) is 10.2. The van der Waals surface area contributed by atoms with Gasteiger partial charge in [0.25, 0.3) is 0 Å². The molecule has 0 heterocycles. The maximum absolute atomic E-state index is 13.6. The highest BCUT2D eigenvalue weighted by Gasteiger charge is 2.21. The Balaban J connectivity index is 1.80. The number of carbonyl (C=O) groups excluding carboxylic acids is 2. The van der Waals surface area contributed by atoms with Gasteiger partial charge in [-0.15, -0.1) is 0 Å². The van der Waals surface area contributed by atoms with Crippen molar-refractivity contribution in [1.29, 1.82) is 0 Å². The SMILES string of the molecule is O=C(/C(=C/c1ccc(Cl)cc1)S/C(=C/c1ccc(Cl)cc1)C(=O)c1ccc(Cl)cc1)c1ccc(Cl)cc1. The highest BCUT2D eigenvalue weighted by atomic mass is 35.5. The van der Waals surface area contributed by atoms with E-state index in [9.17, 15) is 9.59 Å². The molecule has 4 aromatic carbocycles. The summed E-state index contributed by atoms with van der Waals surface area (Å²) in [6.07, 6.45) is 3.48. The van der Waals surface area contributed by atoms with Crippen molar-refractivity contribution in [1.82, 2.24) is 0 Å². The summed E-state index contributed by atoms with van der Waals surface area (Å²) in [5, 5.41) is 2.20. The lowest BCUT2D eigenvalue weighted by Crippen LogP contribution is -2.06. The zero-order valence-electron chi connectivity index (χ0n) is 19.1. The molecule has 0 amide bonds. The van der Waals surface area contributed by atoms with Crippen molar-refractivity contribution >= 4 is 81.9 Å². The predicted molar refractivity (Wildman–Crippen MR) is 158 cm³/mol. The number of thioether (sulfide) groups is 1. The summed E-state index contributed by atoms with van der Waals surface area (Å²) >= 11 is 25.3. The van der Waals surface area contributed by atoms with E-state index < -0.39 is 0 Å². The molecule has 4 aromatic rings. The first kappa shape index (κ1) is 27.3. The Kier molecular flexibility index (Phi) is 9.31. The van der Waals surface area contributed by atoms with Gasteiger partial charge in [-0.3, -0.25) is 9.59 Å². The van der Waals surface area contributed by atoms with Gasteiger partial charge in [0.1, 0.15) is 0 Å². The fraction of sp³-hybridized carbons (Fsp3) is 0. The molecule has 0 aromatic heterocycles. The molecule has 0 saturated carbocycles. The van der Waals surface area contributed by atoms with E-state index in [4.69, 9.17) is 46.4 Å². The molecule has 0 radical (unpaired) electrons. The van der Waals surface area contributed by atoms with E-state index in [1.54, 1.807) is 84.9 Å². The number of carbonyl (C=O) groups is 2. The highest BCUT2D eigenvalue weighted by Crippen LogP contribution is 2.34. The molecule has 0 aliphatic heterocycles. The van der Waals surface area contributed by atoms with Crippen molar-refractivity contribution in [3.8, 4) is 0 Å². The van der Waals surface area contributed by atoms with Gasteiger partial charge in [0.2, 0.25) is 0 Å². The molecule has 7 heteroatoms. The summed E-state index contributed by atoms with van der Waals surface area (Å²) in [6, 6.07) is 27.4. The summed E-state index contributed by atoms with van der Waals surface area (Å²) in [6.45, 7) is 0. The van der Waals surface area contributed by atoms with Crippen molar-refractivity contribution in [2.75, 3.05) is 0 Å². The van der Waals surface area contributed by atoms with E-state index >= 15 is 0 Å². The highest BCUT2D eigenvalue weighted by molar-refractivity contribution is 8.08. The van der Waals surface area contributed by atoms with E-state index in [0.29, 0.717) is 41.0 Å². The lowest BCUT2D eigenvalue weighted by molar-refractivity contribution is 0.103. The fourth-order valence-corrected chi connectivity index (χ4v) is 4.86. The van der Waals surface area contributed by atoms with Gasteiger partial charge >= 0.3 is 0 Å². The number of ketones is 2. The number of Topliss-reactive ketones (excluding diaryl/α,β-unsaturated/α-hetero) is 2. The third kappa shape index (κ3) is 7.61. The van der Waals surface area contributed by atoms with Gasteiger partial charge in [-0.05, 0) is 96.1 Å². The molecule has 4 rings (SSSR count). The Hall–Kier alpha value is -2.79. The molecular formula is C30H18Cl4O2S. The molecular weight excluding hydrogens is 566 g/mol. The normalized spacial score (nSPS) is 11.9. The van der Waals surface area contributed by atoms with Gasteiger partial charge in [0, 0.05) is 31.2 Å². The standard InChI is InChI=1S/C30H18Cl4O2S/c31-23-9-1-19(2-10-23)17-27(29(35)21-5-13-25(33)14-6-21)37-28(18-20-3-11-24(32)12-4-20)30(36)22-7-15-26(34)16-8-22/h1-18H/b27-17-,28-18+. The molecule has 0 atom stereocenters. The van der Waals surface area contributed by atoms with E-state index in [0.717, 1.165) is 22.9 Å². The van der Waals surface area contributed by atoms with Crippen LogP contribution in [0.15, 0.2) is 107 Å². The van der Waals surface area contributed by atoms with Crippen LogP contribution in [0.4, 0.5) is 0 Å². The Labute approximate surface area is 239 Å². The molecule has 0 aliphatic rings. The summed E-state index contributed by atoms with van der Waals surface area (Å²) in [5.41, 5.74) is 2.42. The second kappa shape index (κ2) is 12.6. The summed E-state index contributed by atoms with van der Waals surface area (Å²) in [5.74, 6) is -0.495. The Morgan fingerprint density at radius 3 is 1.03 bits per heavy atom. The van der Waals surface area contributed by atoms with E-state index in [2.05, 4.69) is 0 Å². The summed E-state index contributed by atoms with van der Waals surface area (Å²) in [4.78, 5) is 28.0. The van der Waals surface area contributed by atoms with Crippen LogP contribution in [-0.4, -0.2) is 11.6 Å². The number of hydrogen-bond donors (Lipinski definition) is 0. The minimum atomic E-state index is -0.248. The second-order valence-corrected chi connectivity index (χ2v) is 10.7. The molecule has 0 N–H and O–H groups in total. The second-order valence-electron chi connectivity index (χ2n) is 7.89. The monoisotopic (exact) mass is 582 g/mol. The number of halogens is 4. The smallest absolute Gasteiger partial charge is 0.199 e. The Morgan fingerprint density at radius 1 is 0.459 bits per heavy atom. The lowest BCUT2D eigenvalue weighted by Gasteiger charge is -2.11. The van der Waals surface area contributed by atoms with Crippen molar-refractivity contribution < 1.29 is 9.59 Å². The van der Waals surface area contributed by atoms with Crippen LogP contribution in [0.1, 0.15) is 31.8 Å². The van der Waals surface area contributed by atoms with Crippen LogP contribution in [0.5, 0.6) is 0 Å². The van der Waals surface area contributed by atoms with Crippen LogP contribution in [0.25, 0.3) is 12.2 Å². The lowest BCUT2D eigenvalue weighted by atomic mass is 10.1. The molecule has 37 heavy (non-hydrogen) atoms. The van der Waals surface area contributed by atoms with Crippen LogP contribution in [-0.2, 0) is 0 Å². The summed E-state index contributed by atoms with van der Waals surface area (Å²) < 4.78 is 0. The maximum Gasteiger partial charge on any atom is 0.199 e. The van der Waals surface area contributed by atoms with Gasteiger partial charge in [0.05, 0.1) is 9.81 Å². The van der Waals surface area contributed by atoms with Gasteiger partial charge in [-0.25, -0.2) is 0 Å². The average molecular weight is 584 g/mol. The van der Waals surface area contributed by atoms with E-state index in [1.165, 1.54) is 0 Å². The van der Waals surface area contributed by atoms with Gasteiger partial charge in [-0.2, -0.15) is 0 Å². The molecule has 0 unspecified atom stereocenters. The molecule has 0 aliphatic carbocycles. The van der Waals surface area contributed by atoms with E-state index in [1.807, 2.05) is 24.3 Å². The van der Waals surface area contributed by atoms with Crippen LogP contribution in [0, 0.1) is 0 Å². The van der Waals surface area contributed by atoms with Crippen molar-refractivity contribution in [3.63, 3.8) is 0 Å². The molecule has 0 fully saturated rings. The average Bonchev–Trinajstić information content (AvgIpc) is 2.90. The number of rotatable bonds is 8. The quantitative estimate of drug-likeness (QED) is 0.153. The first-order valence-electron chi connectivity index (χ1n) is 11.0. The Bertz CT molecular complexity index is 1360. The first-order valence-corrected chi connectivity index (χ1v) is 13.3. The fourth-order valence-electron chi connectivity index (χ4n) is 3.31. The Morgan fingerprint density at radius 2 is 0.730 bits per heavy atom. The van der Waals surface area contributed by atoms with Crippen LogP contribution in [0.3, 0.4) is 0 Å². The van der Waals surface area contributed by atoms with Crippen molar-refractivity contribution in [2.24, 2.45) is 0 Å². The minimum absolute atomic E-state index is 0.248. The van der Waals surface area contributed by atoms with E-state index in [-0.39, 0.29) is 11.6 Å². The van der Waals surface area contributed by atoms with Crippen molar-refractivity contribution in [2.45, 2.75) is 0 Å². The van der Waals surface area contributed by atoms with Crippen LogP contribution >= 0.6 is 58.2 Å². The first-order chi connectivity index (χ1) is 17.8. The van der Waals surface area contributed by atoms with Crippen LogP contribution < -0.4 is 0 Å². The molecule has 0 bridgehead atoms. The number of benzene rings is 4. The van der Waals surface area contributed by atoms with Crippen LogP contribution in [0.2, 0.25) is 20.1 Å². The minimum Gasteiger partial charge on any atom is -0.288 e. The third-order valence-electron chi connectivity index (χ3n) is 5.22. The zero-order valence-corrected chi connectivity index (χ0v) is 23.0. The molecule has 2 nitrogen and oxygen atoms in total. The van der Waals surface area contributed by atoms with Crippen molar-refractivity contribution in [3.05, 3.63) is 149 Å². The van der Waals surface area contributed by atoms with Gasteiger partial charge in [-0.1, -0.05) is 82.4 Å². The summed E-state index contributed by atoms with van der Waals surface area (Å²) in [7, 11) is 0. The largest absolute Gasteiger partial charge is 0.288 e. The number of hydrogen-bond acceptors (Lipinski definition) is 3. The molecule has 0 saturated heterocycles. The third-order valence-corrected chi connectivity index (χ3v) is 7.27. The molecule has 0 spiro atoms. The maximum atomic E-state index is 13.6. The van der Waals surface area contributed by atoms with Gasteiger partial charge in [0.15, 0.2) is 11.6 Å².